The highest BCUT2D eigenvalue weighted by atomic mass is 35.5. The monoisotopic (exact) mass is 692 g/mol. The van der Waals surface area contributed by atoms with Crippen LogP contribution in [0.4, 0.5) is 5.69 Å². The Kier molecular flexibility index (Phi) is 9.42. The lowest BCUT2D eigenvalue weighted by molar-refractivity contribution is 0.0193. The number of anilines is 1. The minimum atomic E-state index is -0.0346. The molecule has 1 N–H and O–H groups in total. The molecule has 0 unspecified atom stereocenters. The summed E-state index contributed by atoms with van der Waals surface area (Å²) in [7, 11) is 0. The van der Waals surface area contributed by atoms with Gasteiger partial charge in [0.05, 0.1) is 18.8 Å². The maximum atomic E-state index is 14.9. The van der Waals surface area contributed by atoms with Crippen molar-refractivity contribution in [1.29, 1.82) is 0 Å². The number of aromatic hydroxyl groups is 1. The SMILES string of the molecule is O=C(c1cc(-c2cc(Cl)ccc2C(=O)N2Cc3ccccc3C[C@H]2CN2CCOCC2)n2c1CCCC2)N(CC1CCC1)c1ccc(O)cc1. The van der Waals surface area contributed by atoms with Gasteiger partial charge in [0.15, 0.2) is 0 Å². The molecule has 1 saturated heterocycles. The number of ether oxygens (including phenoxy) is 1. The zero-order valence-electron chi connectivity index (χ0n) is 28.5. The Labute approximate surface area is 299 Å². The lowest BCUT2D eigenvalue weighted by Crippen LogP contribution is -2.52. The number of halogens is 1. The number of aromatic nitrogens is 1. The van der Waals surface area contributed by atoms with Gasteiger partial charge in [-0.05, 0) is 104 Å². The minimum absolute atomic E-state index is 0.0145. The molecule has 4 heterocycles. The maximum absolute atomic E-state index is 14.9. The second kappa shape index (κ2) is 14.3. The molecule has 4 aromatic rings. The molecular weight excluding hydrogens is 648 g/mol. The van der Waals surface area contributed by atoms with Gasteiger partial charge in [-0.15, -0.1) is 0 Å². The zero-order chi connectivity index (χ0) is 34.2. The van der Waals surface area contributed by atoms with Gasteiger partial charge in [-0.3, -0.25) is 14.5 Å². The number of benzene rings is 3. The van der Waals surface area contributed by atoms with Gasteiger partial charge >= 0.3 is 0 Å². The summed E-state index contributed by atoms with van der Waals surface area (Å²) in [5.41, 5.74) is 7.21. The molecule has 1 aliphatic carbocycles. The first-order chi connectivity index (χ1) is 24.4. The summed E-state index contributed by atoms with van der Waals surface area (Å²) in [4.78, 5) is 35.9. The topological polar surface area (TPSA) is 78.3 Å². The van der Waals surface area contributed by atoms with Crippen LogP contribution in [0.5, 0.6) is 5.75 Å². The predicted molar refractivity (Wildman–Crippen MR) is 196 cm³/mol. The van der Waals surface area contributed by atoms with E-state index in [1.807, 2.05) is 41.3 Å². The molecule has 50 heavy (non-hydrogen) atoms. The Balaban J connectivity index is 1.18. The van der Waals surface area contributed by atoms with Crippen LogP contribution < -0.4 is 4.90 Å². The molecule has 0 spiro atoms. The summed E-state index contributed by atoms with van der Waals surface area (Å²) in [6, 6.07) is 23.0. The number of morpholine rings is 1. The summed E-state index contributed by atoms with van der Waals surface area (Å²) < 4.78 is 7.88. The van der Waals surface area contributed by atoms with E-state index in [1.54, 1.807) is 12.1 Å². The first-order valence-corrected chi connectivity index (χ1v) is 18.6. The third-order valence-electron chi connectivity index (χ3n) is 11.2. The molecule has 3 aromatic carbocycles. The van der Waals surface area contributed by atoms with E-state index in [1.165, 1.54) is 17.5 Å². The standard InChI is InChI=1S/C41H45ClN4O4/c42-31-11-16-35(40(48)46-26-30-9-2-1-8-29(30)22-33(46)27-43-18-20-50-21-19-43)36(23-31)39-24-37(38-10-3-4-17-44(38)39)41(49)45(25-28-6-5-7-28)32-12-14-34(47)15-13-32/h1-2,8-9,11-16,23-24,28,33,47H,3-7,10,17-22,25-27H2/t33-/m0/s1. The van der Waals surface area contributed by atoms with Crippen molar-refractivity contribution >= 4 is 29.1 Å². The average Bonchev–Trinajstić information content (AvgIpc) is 3.51. The molecule has 0 bridgehead atoms. The van der Waals surface area contributed by atoms with E-state index in [4.69, 9.17) is 16.3 Å². The number of carbonyl (C=O) groups excluding carboxylic acids is 2. The van der Waals surface area contributed by atoms with Crippen molar-refractivity contribution in [1.82, 2.24) is 14.4 Å². The first-order valence-electron chi connectivity index (χ1n) is 18.2. The highest BCUT2D eigenvalue weighted by Crippen LogP contribution is 2.38. The molecule has 1 atom stereocenters. The van der Waals surface area contributed by atoms with Gasteiger partial charge in [0, 0.05) is 78.5 Å². The smallest absolute Gasteiger partial charge is 0.260 e. The number of phenolic OH excluding ortho intramolecular Hbond substituents is 1. The van der Waals surface area contributed by atoms with Gasteiger partial charge in [0.25, 0.3) is 11.8 Å². The normalized spacial score (nSPS) is 19.4. The zero-order valence-corrected chi connectivity index (χ0v) is 29.3. The Morgan fingerprint density at radius 3 is 2.42 bits per heavy atom. The van der Waals surface area contributed by atoms with Crippen molar-refractivity contribution in [3.8, 4) is 17.0 Å². The van der Waals surface area contributed by atoms with E-state index in [0.717, 1.165) is 87.3 Å². The fraction of sp³-hybridized carbons (Fsp3) is 0.415. The molecule has 1 aromatic heterocycles. The molecule has 2 fully saturated rings. The van der Waals surface area contributed by atoms with Crippen molar-refractivity contribution in [2.24, 2.45) is 5.92 Å². The van der Waals surface area contributed by atoms with Gasteiger partial charge in [-0.25, -0.2) is 0 Å². The number of fused-ring (bicyclic) bond motifs is 2. The second-order valence-electron chi connectivity index (χ2n) is 14.4. The quantitative estimate of drug-likeness (QED) is 0.212. The number of phenols is 1. The van der Waals surface area contributed by atoms with Crippen molar-refractivity contribution in [2.45, 2.75) is 64.1 Å². The number of amides is 2. The lowest BCUT2D eigenvalue weighted by atomic mass is 9.85. The lowest BCUT2D eigenvalue weighted by Gasteiger charge is -2.40. The molecule has 4 aliphatic rings. The van der Waals surface area contributed by atoms with Gasteiger partial charge in [-0.1, -0.05) is 42.3 Å². The predicted octanol–water partition coefficient (Wildman–Crippen LogP) is 7.20. The minimum Gasteiger partial charge on any atom is -0.508 e. The Morgan fingerprint density at radius 2 is 1.66 bits per heavy atom. The number of hydrogen-bond acceptors (Lipinski definition) is 5. The summed E-state index contributed by atoms with van der Waals surface area (Å²) in [5.74, 6) is 0.589. The van der Waals surface area contributed by atoms with Gasteiger partial charge in [0.1, 0.15) is 5.75 Å². The number of rotatable bonds is 8. The molecule has 2 amide bonds. The maximum Gasteiger partial charge on any atom is 0.260 e. The van der Waals surface area contributed by atoms with Gasteiger partial charge in [0.2, 0.25) is 0 Å². The van der Waals surface area contributed by atoms with E-state index in [0.29, 0.717) is 48.4 Å². The van der Waals surface area contributed by atoms with Crippen molar-refractivity contribution in [3.05, 3.63) is 106 Å². The third-order valence-corrected chi connectivity index (χ3v) is 11.5. The fourth-order valence-corrected chi connectivity index (χ4v) is 8.41. The van der Waals surface area contributed by atoms with Crippen LogP contribution in [0, 0.1) is 5.92 Å². The van der Waals surface area contributed by atoms with Gasteiger partial charge in [-0.2, -0.15) is 0 Å². The van der Waals surface area contributed by atoms with Crippen LogP contribution in [0.2, 0.25) is 5.02 Å². The van der Waals surface area contributed by atoms with Crippen LogP contribution in [0.1, 0.15) is 69.6 Å². The highest BCUT2D eigenvalue weighted by molar-refractivity contribution is 6.31. The number of nitrogens with zero attached hydrogens (tertiary/aromatic N) is 4. The summed E-state index contributed by atoms with van der Waals surface area (Å²) in [5, 5.41) is 10.6. The van der Waals surface area contributed by atoms with Crippen LogP contribution in [-0.2, 0) is 30.7 Å². The molecule has 3 aliphatic heterocycles. The second-order valence-corrected chi connectivity index (χ2v) is 14.8. The van der Waals surface area contributed by atoms with Crippen LogP contribution in [0.3, 0.4) is 0 Å². The van der Waals surface area contributed by atoms with E-state index in [9.17, 15) is 14.7 Å². The average molecular weight is 693 g/mol. The molecule has 1 saturated carbocycles. The molecule has 8 rings (SSSR count). The van der Waals surface area contributed by atoms with Crippen molar-refractivity contribution in [3.63, 3.8) is 0 Å². The van der Waals surface area contributed by atoms with Crippen LogP contribution in [0.25, 0.3) is 11.3 Å². The van der Waals surface area contributed by atoms with E-state index < -0.39 is 0 Å². The van der Waals surface area contributed by atoms with Crippen LogP contribution in [0.15, 0.2) is 72.8 Å². The van der Waals surface area contributed by atoms with Crippen LogP contribution in [-0.4, -0.2) is 76.7 Å². The molecular formula is C41H45ClN4O4. The third kappa shape index (κ3) is 6.57. The Bertz CT molecular complexity index is 1880. The van der Waals surface area contributed by atoms with Crippen LogP contribution >= 0.6 is 11.6 Å². The number of carbonyl (C=O) groups is 2. The van der Waals surface area contributed by atoms with Crippen molar-refractivity contribution in [2.75, 3.05) is 44.3 Å². The van der Waals surface area contributed by atoms with Gasteiger partial charge < -0.3 is 24.2 Å². The summed E-state index contributed by atoms with van der Waals surface area (Å²) in [6.07, 6.45) is 7.02. The van der Waals surface area contributed by atoms with E-state index in [-0.39, 0.29) is 23.6 Å². The summed E-state index contributed by atoms with van der Waals surface area (Å²) >= 11 is 6.71. The molecule has 0 radical (unpaired) electrons. The first kappa shape index (κ1) is 33.1. The largest absolute Gasteiger partial charge is 0.508 e. The molecule has 9 heteroatoms. The fourth-order valence-electron chi connectivity index (χ4n) is 8.24. The molecule has 8 nitrogen and oxygen atoms in total. The Hall–Kier alpha value is -4.11. The highest BCUT2D eigenvalue weighted by Gasteiger charge is 2.35. The number of hydrogen-bond donors (Lipinski definition) is 1. The van der Waals surface area contributed by atoms with E-state index in [2.05, 4.69) is 38.6 Å². The molecule has 260 valence electrons. The van der Waals surface area contributed by atoms with Crippen molar-refractivity contribution < 1.29 is 19.4 Å². The van der Waals surface area contributed by atoms with E-state index >= 15 is 0 Å². The Morgan fingerprint density at radius 1 is 0.880 bits per heavy atom. The summed E-state index contributed by atoms with van der Waals surface area (Å²) in [6.45, 7) is 5.91.